The molecule has 2 heterocycles. The first-order valence-electron chi connectivity index (χ1n) is 5.92. The summed E-state index contributed by atoms with van der Waals surface area (Å²) in [6.45, 7) is 0.369. The van der Waals surface area contributed by atoms with Crippen LogP contribution in [0.3, 0.4) is 0 Å². The second-order valence-corrected chi connectivity index (χ2v) is 3.97. The Morgan fingerprint density at radius 3 is 2.65 bits per heavy atom. The van der Waals surface area contributed by atoms with Crippen LogP contribution in [0.25, 0.3) is 0 Å². The Labute approximate surface area is 116 Å². The normalized spacial score (nSPS) is 9.90. The van der Waals surface area contributed by atoms with E-state index in [1.165, 1.54) is 6.20 Å². The number of nitrogens with two attached hydrogens (primary N) is 1. The second-order valence-electron chi connectivity index (χ2n) is 3.97. The van der Waals surface area contributed by atoms with Gasteiger partial charge in [0, 0.05) is 18.8 Å². The summed E-state index contributed by atoms with van der Waals surface area (Å²) in [6.07, 6.45) is 3.14. The van der Waals surface area contributed by atoms with Crippen molar-refractivity contribution in [3.8, 4) is 5.88 Å². The minimum absolute atomic E-state index is 0.260. The van der Waals surface area contributed by atoms with Crippen LogP contribution in [-0.4, -0.2) is 23.0 Å². The lowest BCUT2D eigenvalue weighted by Crippen LogP contribution is -2.24. The van der Waals surface area contributed by atoms with Crippen molar-refractivity contribution in [2.24, 2.45) is 5.84 Å². The van der Waals surface area contributed by atoms with E-state index in [0.29, 0.717) is 23.8 Å². The van der Waals surface area contributed by atoms with Gasteiger partial charge in [-0.2, -0.15) is 0 Å². The lowest BCUT2D eigenvalue weighted by atomic mass is 10.2. The van der Waals surface area contributed by atoms with Crippen molar-refractivity contribution in [2.75, 3.05) is 12.5 Å². The molecule has 0 saturated carbocycles. The van der Waals surface area contributed by atoms with Crippen molar-refractivity contribution in [1.29, 1.82) is 0 Å². The van der Waals surface area contributed by atoms with Crippen LogP contribution in [0.5, 0.6) is 5.88 Å². The minimum Gasteiger partial charge on any atom is -0.481 e. The molecule has 0 saturated heterocycles. The summed E-state index contributed by atoms with van der Waals surface area (Å²) in [4.78, 5) is 19.9. The molecule has 2 aromatic heterocycles. The van der Waals surface area contributed by atoms with Gasteiger partial charge in [-0.3, -0.25) is 10.6 Å². The molecule has 7 nitrogen and oxygen atoms in total. The maximum absolute atomic E-state index is 11.9. The summed E-state index contributed by atoms with van der Waals surface area (Å²) >= 11 is 0. The third-order valence-corrected chi connectivity index (χ3v) is 2.62. The molecule has 0 atom stereocenters. The number of rotatable bonds is 5. The summed E-state index contributed by atoms with van der Waals surface area (Å²) < 4.78 is 4.96. The quantitative estimate of drug-likeness (QED) is 0.547. The van der Waals surface area contributed by atoms with Crippen LogP contribution in [0, 0.1) is 0 Å². The standard InChI is InChI=1S/C13H15N5O2/c1-20-12-5-2-9(6-16-12)7-17-13(19)11-4-3-10(18-14)8-15-11/h2-6,8,18H,7,14H2,1H3,(H,17,19). The number of methoxy groups -OCH3 is 1. The third-order valence-electron chi connectivity index (χ3n) is 2.62. The fourth-order valence-corrected chi connectivity index (χ4v) is 1.52. The fourth-order valence-electron chi connectivity index (χ4n) is 1.52. The Bertz CT molecular complexity index is 568. The van der Waals surface area contributed by atoms with Gasteiger partial charge in [-0.25, -0.2) is 9.97 Å². The molecule has 0 spiro atoms. The molecule has 0 bridgehead atoms. The smallest absolute Gasteiger partial charge is 0.270 e. The molecule has 104 valence electrons. The van der Waals surface area contributed by atoms with Crippen LogP contribution in [-0.2, 0) is 6.54 Å². The van der Waals surface area contributed by atoms with Crippen molar-refractivity contribution in [3.63, 3.8) is 0 Å². The maximum atomic E-state index is 11.9. The fraction of sp³-hybridized carbons (Fsp3) is 0.154. The number of aromatic nitrogens is 2. The van der Waals surface area contributed by atoms with E-state index in [2.05, 4.69) is 20.7 Å². The zero-order valence-electron chi connectivity index (χ0n) is 11.0. The number of pyridine rings is 2. The number of anilines is 1. The third kappa shape index (κ3) is 3.42. The number of nitrogen functional groups attached to an aromatic ring is 1. The van der Waals surface area contributed by atoms with Crippen LogP contribution in [0.4, 0.5) is 5.69 Å². The molecule has 0 radical (unpaired) electrons. The molecular formula is C13H15N5O2. The predicted molar refractivity (Wildman–Crippen MR) is 74.0 cm³/mol. The summed E-state index contributed by atoms with van der Waals surface area (Å²) in [5.41, 5.74) is 4.29. The molecular weight excluding hydrogens is 258 g/mol. The largest absolute Gasteiger partial charge is 0.481 e. The van der Waals surface area contributed by atoms with Gasteiger partial charge < -0.3 is 15.5 Å². The van der Waals surface area contributed by atoms with E-state index >= 15 is 0 Å². The molecule has 2 aromatic rings. The van der Waals surface area contributed by atoms with Crippen LogP contribution in [0.15, 0.2) is 36.7 Å². The molecule has 0 aliphatic heterocycles. The first-order chi connectivity index (χ1) is 9.72. The average molecular weight is 273 g/mol. The Kier molecular flexibility index (Phi) is 4.46. The first kappa shape index (κ1) is 13.8. The van der Waals surface area contributed by atoms with Crippen LogP contribution >= 0.6 is 0 Å². The first-order valence-corrected chi connectivity index (χ1v) is 5.92. The van der Waals surface area contributed by atoms with Crippen molar-refractivity contribution in [1.82, 2.24) is 15.3 Å². The van der Waals surface area contributed by atoms with E-state index in [1.54, 1.807) is 31.5 Å². The highest BCUT2D eigenvalue weighted by Crippen LogP contribution is 2.07. The SMILES string of the molecule is COc1ccc(CNC(=O)c2ccc(NN)cn2)cn1. The lowest BCUT2D eigenvalue weighted by molar-refractivity contribution is 0.0946. The number of carbonyl (C=O) groups excluding carboxylic acids is 1. The summed E-state index contributed by atoms with van der Waals surface area (Å²) in [5, 5.41) is 2.76. The van der Waals surface area contributed by atoms with E-state index < -0.39 is 0 Å². The highest BCUT2D eigenvalue weighted by Gasteiger charge is 2.06. The highest BCUT2D eigenvalue weighted by molar-refractivity contribution is 5.92. The molecule has 1 amide bonds. The molecule has 2 rings (SSSR count). The summed E-state index contributed by atoms with van der Waals surface area (Å²) in [6, 6.07) is 6.84. The molecule has 0 aliphatic rings. The number of hydrogen-bond acceptors (Lipinski definition) is 6. The Morgan fingerprint density at radius 1 is 1.25 bits per heavy atom. The van der Waals surface area contributed by atoms with Crippen molar-refractivity contribution < 1.29 is 9.53 Å². The second kappa shape index (κ2) is 6.48. The maximum Gasteiger partial charge on any atom is 0.270 e. The summed E-state index contributed by atoms with van der Waals surface area (Å²) in [5.74, 6) is 5.50. The lowest BCUT2D eigenvalue weighted by Gasteiger charge is -2.06. The van der Waals surface area contributed by atoms with E-state index in [0.717, 1.165) is 5.56 Å². The van der Waals surface area contributed by atoms with Gasteiger partial charge in [0.25, 0.3) is 5.91 Å². The van der Waals surface area contributed by atoms with Crippen molar-refractivity contribution >= 4 is 11.6 Å². The van der Waals surface area contributed by atoms with Gasteiger partial charge in [0.15, 0.2) is 0 Å². The average Bonchev–Trinajstić information content (AvgIpc) is 2.53. The van der Waals surface area contributed by atoms with Crippen LogP contribution in [0.1, 0.15) is 16.1 Å². The number of nitrogens with zero attached hydrogens (tertiary/aromatic N) is 2. The number of ether oxygens (including phenoxy) is 1. The van der Waals surface area contributed by atoms with Gasteiger partial charge in [-0.1, -0.05) is 6.07 Å². The van der Waals surface area contributed by atoms with Crippen molar-refractivity contribution in [2.45, 2.75) is 6.54 Å². The molecule has 0 aliphatic carbocycles. The monoisotopic (exact) mass is 273 g/mol. The molecule has 4 N–H and O–H groups in total. The Balaban J connectivity index is 1.93. The number of amides is 1. The van der Waals surface area contributed by atoms with Gasteiger partial charge in [-0.05, 0) is 17.7 Å². The molecule has 0 fully saturated rings. The highest BCUT2D eigenvalue weighted by atomic mass is 16.5. The minimum atomic E-state index is -0.260. The number of carbonyl (C=O) groups is 1. The van der Waals surface area contributed by atoms with Gasteiger partial charge >= 0.3 is 0 Å². The topological polar surface area (TPSA) is 102 Å². The van der Waals surface area contributed by atoms with Gasteiger partial charge in [0.1, 0.15) is 5.69 Å². The predicted octanol–water partition coefficient (Wildman–Crippen LogP) is 0.701. The molecule has 7 heteroatoms. The van der Waals surface area contributed by atoms with Gasteiger partial charge in [-0.15, -0.1) is 0 Å². The summed E-state index contributed by atoms with van der Waals surface area (Å²) in [7, 11) is 1.55. The van der Waals surface area contributed by atoms with E-state index in [4.69, 9.17) is 10.6 Å². The molecule has 0 aromatic carbocycles. The molecule has 20 heavy (non-hydrogen) atoms. The van der Waals surface area contributed by atoms with Crippen LogP contribution < -0.4 is 21.3 Å². The van der Waals surface area contributed by atoms with Gasteiger partial charge in [0.05, 0.1) is 19.0 Å². The Morgan fingerprint density at radius 2 is 2.10 bits per heavy atom. The van der Waals surface area contributed by atoms with Gasteiger partial charge in [0.2, 0.25) is 5.88 Å². The zero-order chi connectivity index (χ0) is 14.4. The number of hydrazine groups is 1. The van der Waals surface area contributed by atoms with E-state index in [9.17, 15) is 4.79 Å². The zero-order valence-corrected chi connectivity index (χ0v) is 11.0. The molecule has 0 unspecified atom stereocenters. The van der Waals surface area contributed by atoms with E-state index in [1.807, 2.05) is 6.07 Å². The number of nitrogens with one attached hydrogen (secondary N) is 2. The van der Waals surface area contributed by atoms with Crippen LogP contribution in [0.2, 0.25) is 0 Å². The Hall–Kier alpha value is -2.67. The van der Waals surface area contributed by atoms with E-state index in [-0.39, 0.29) is 5.91 Å². The number of hydrogen-bond donors (Lipinski definition) is 3. The van der Waals surface area contributed by atoms with Crippen molar-refractivity contribution in [3.05, 3.63) is 47.9 Å².